The molecule has 4 heteroatoms. The van der Waals surface area contributed by atoms with Crippen molar-refractivity contribution in [2.75, 3.05) is 13.2 Å². The summed E-state index contributed by atoms with van der Waals surface area (Å²) < 4.78 is 20.7. The van der Waals surface area contributed by atoms with Gasteiger partial charge in [0.1, 0.15) is 5.82 Å². The molecule has 1 saturated carbocycles. The van der Waals surface area contributed by atoms with Gasteiger partial charge in [-0.25, -0.2) is 4.39 Å². The Morgan fingerprint density at radius 3 is 2.81 bits per heavy atom. The van der Waals surface area contributed by atoms with Crippen molar-refractivity contribution < 1.29 is 9.13 Å². The average molecular weight is 358 g/mol. The van der Waals surface area contributed by atoms with Crippen molar-refractivity contribution in [1.29, 1.82) is 0 Å². The van der Waals surface area contributed by atoms with Crippen molar-refractivity contribution in [3.05, 3.63) is 34.1 Å². The third-order valence-corrected chi connectivity index (χ3v) is 4.63. The Kier molecular flexibility index (Phi) is 6.65. The lowest BCUT2D eigenvalue weighted by atomic mass is 9.77. The van der Waals surface area contributed by atoms with Gasteiger partial charge >= 0.3 is 0 Å². The maximum absolute atomic E-state index is 14.1. The molecule has 1 aliphatic rings. The Morgan fingerprint density at radius 2 is 2.14 bits per heavy atom. The first kappa shape index (κ1) is 16.9. The van der Waals surface area contributed by atoms with Crippen molar-refractivity contribution in [2.45, 2.75) is 51.7 Å². The average Bonchev–Trinajstić information content (AvgIpc) is 2.43. The van der Waals surface area contributed by atoms with E-state index < -0.39 is 0 Å². The predicted octanol–water partition coefficient (Wildman–Crippen LogP) is 4.83. The van der Waals surface area contributed by atoms with Crippen molar-refractivity contribution in [3.8, 4) is 0 Å². The number of rotatable bonds is 8. The number of hydrogen-bond acceptors (Lipinski definition) is 2. The van der Waals surface area contributed by atoms with Gasteiger partial charge in [-0.2, -0.15) is 0 Å². The standard InChI is InChI=1S/C17H25BrFNO/c1-3-7-20-17(10-12-8-14(9-12)21-4-2)15-11-13(18)5-6-16(15)19/h5-6,11-12,14,17,20H,3-4,7-10H2,1-2H3. The number of benzene rings is 1. The molecule has 118 valence electrons. The Balaban J connectivity index is 1.99. The summed E-state index contributed by atoms with van der Waals surface area (Å²) in [6, 6.07) is 5.30. The van der Waals surface area contributed by atoms with Gasteiger partial charge in [-0.15, -0.1) is 0 Å². The Hall–Kier alpha value is -0.450. The second kappa shape index (κ2) is 8.25. The molecule has 2 nitrogen and oxygen atoms in total. The molecule has 1 unspecified atom stereocenters. The van der Waals surface area contributed by atoms with Crippen molar-refractivity contribution in [1.82, 2.24) is 5.32 Å². The fourth-order valence-electron chi connectivity index (χ4n) is 2.99. The maximum atomic E-state index is 14.1. The van der Waals surface area contributed by atoms with Gasteiger partial charge in [0.05, 0.1) is 6.10 Å². The maximum Gasteiger partial charge on any atom is 0.128 e. The minimum Gasteiger partial charge on any atom is -0.378 e. The summed E-state index contributed by atoms with van der Waals surface area (Å²) in [5.74, 6) is 0.516. The van der Waals surface area contributed by atoms with Crippen LogP contribution < -0.4 is 5.32 Å². The highest BCUT2D eigenvalue weighted by Crippen LogP contribution is 2.37. The van der Waals surface area contributed by atoms with Gasteiger partial charge in [-0.05, 0) is 63.3 Å². The van der Waals surface area contributed by atoms with Gasteiger partial charge in [-0.1, -0.05) is 22.9 Å². The molecule has 0 spiro atoms. The molecule has 2 rings (SSSR count). The summed E-state index contributed by atoms with van der Waals surface area (Å²) >= 11 is 3.45. The highest BCUT2D eigenvalue weighted by Gasteiger charge is 2.32. The second-order valence-corrected chi connectivity index (χ2v) is 6.74. The zero-order chi connectivity index (χ0) is 15.2. The fourth-order valence-corrected chi connectivity index (χ4v) is 3.37. The molecule has 1 N–H and O–H groups in total. The molecule has 1 fully saturated rings. The minimum atomic E-state index is -0.118. The van der Waals surface area contributed by atoms with Crippen LogP contribution in [0, 0.1) is 11.7 Å². The first-order chi connectivity index (χ1) is 10.1. The van der Waals surface area contributed by atoms with E-state index in [2.05, 4.69) is 28.2 Å². The number of nitrogens with one attached hydrogen (secondary N) is 1. The molecule has 1 aliphatic carbocycles. The van der Waals surface area contributed by atoms with Crippen LogP contribution in [0.1, 0.15) is 51.1 Å². The van der Waals surface area contributed by atoms with E-state index in [9.17, 15) is 4.39 Å². The van der Waals surface area contributed by atoms with Gasteiger partial charge in [-0.3, -0.25) is 0 Å². The number of hydrogen-bond donors (Lipinski definition) is 1. The van der Waals surface area contributed by atoms with Crippen LogP contribution in [0.5, 0.6) is 0 Å². The Morgan fingerprint density at radius 1 is 1.38 bits per heavy atom. The van der Waals surface area contributed by atoms with Crippen LogP contribution in [0.25, 0.3) is 0 Å². The molecule has 0 heterocycles. The van der Waals surface area contributed by atoms with Crippen molar-refractivity contribution in [3.63, 3.8) is 0 Å². The summed E-state index contributed by atoms with van der Waals surface area (Å²) in [5.41, 5.74) is 0.776. The molecule has 0 bridgehead atoms. The van der Waals surface area contributed by atoms with Crippen molar-refractivity contribution in [2.24, 2.45) is 5.92 Å². The normalized spacial score (nSPS) is 22.9. The Labute approximate surface area is 135 Å². The topological polar surface area (TPSA) is 21.3 Å². The predicted molar refractivity (Wildman–Crippen MR) is 87.9 cm³/mol. The van der Waals surface area contributed by atoms with Crippen LogP contribution in [0.15, 0.2) is 22.7 Å². The smallest absolute Gasteiger partial charge is 0.128 e. The molecule has 1 aromatic carbocycles. The fraction of sp³-hybridized carbons (Fsp3) is 0.647. The molecule has 0 amide bonds. The highest BCUT2D eigenvalue weighted by atomic mass is 79.9. The second-order valence-electron chi connectivity index (χ2n) is 5.82. The van der Waals surface area contributed by atoms with Gasteiger partial charge in [0, 0.05) is 22.7 Å². The molecular formula is C17H25BrFNO. The van der Waals surface area contributed by atoms with Crippen LogP contribution >= 0.6 is 15.9 Å². The largest absolute Gasteiger partial charge is 0.378 e. The molecule has 21 heavy (non-hydrogen) atoms. The Bertz CT molecular complexity index is 448. The van der Waals surface area contributed by atoms with Crippen LogP contribution in [-0.2, 0) is 4.74 Å². The summed E-state index contributed by atoms with van der Waals surface area (Å²) in [6.45, 7) is 5.87. The lowest BCUT2D eigenvalue weighted by Gasteiger charge is -2.37. The van der Waals surface area contributed by atoms with Gasteiger partial charge in [0.25, 0.3) is 0 Å². The molecule has 1 atom stereocenters. The first-order valence-corrected chi connectivity index (χ1v) is 8.73. The third kappa shape index (κ3) is 4.76. The zero-order valence-corrected chi connectivity index (χ0v) is 14.5. The van der Waals surface area contributed by atoms with E-state index >= 15 is 0 Å². The monoisotopic (exact) mass is 357 g/mol. The summed E-state index contributed by atoms with van der Waals surface area (Å²) in [7, 11) is 0. The molecule has 1 aromatic rings. The van der Waals surface area contributed by atoms with E-state index in [0.29, 0.717) is 12.0 Å². The molecule has 0 saturated heterocycles. The first-order valence-electron chi connectivity index (χ1n) is 7.93. The number of halogens is 2. The molecule has 0 aromatic heterocycles. The van der Waals surface area contributed by atoms with Crippen LogP contribution in [0.4, 0.5) is 4.39 Å². The van der Waals surface area contributed by atoms with Crippen molar-refractivity contribution >= 4 is 15.9 Å². The zero-order valence-electron chi connectivity index (χ0n) is 12.9. The van der Waals surface area contributed by atoms with Gasteiger partial charge in [0.15, 0.2) is 0 Å². The van der Waals surface area contributed by atoms with E-state index in [1.807, 2.05) is 13.0 Å². The van der Waals surface area contributed by atoms with Crippen LogP contribution in [0.3, 0.4) is 0 Å². The van der Waals surface area contributed by atoms with Gasteiger partial charge < -0.3 is 10.1 Å². The van der Waals surface area contributed by atoms with E-state index in [-0.39, 0.29) is 11.9 Å². The SMILES string of the molecule is CCCNC(CC1CC(OCC)C1)c1cc(Br)ccc1F. The lowest BCUT2D eigenvalue weighted by molar-refractivity contribution is -0.0292. The van der Waals surface area contributed by atoms with E-state index in [0.717, 1.165) is 48.9 Å². The highest BCUT2D eigenvalue weighted by molar-refractivity contribution is 9.10. The summed E-state index contributed by atoms with van der Waals surface area (Å²) in [4.78, 5) is 0. The van der Waals surface area contributed by atoms with E-state index in [1.165, 1.54) is 0 Å². The number of ether oxygens (including phenoxy) is 1. The molecule has 0 radical (unpaired) electrons. The minimum absolute atomic E-state index is 0.0926. The molecular weight excluding hydrogens is 333 g/mol. The lowest BCUT2D eigenvalue weighted by Crippen LogP contribution is -2.35. The van der Waals surface area contributed by atoms with E-state index in [1.54, 1.807) is 12.1 Å². The van der Waals surface area contributed by atoms with E-state index in [4.69, 9.17) is 4.74 Å². The van der Waals surface area contributed by atoms with Gasteiger partial charge in [0.2, 0.25) is 0 Å². The quantitative estimate of drug-likeness (QED) is 0.718. The molecule has 0 aliphatic heterocycles. The third-order valence-electron chi connectivity index (χ3n) is 4.14. The summed E-state index contributed by atoms with van der Waals surface area (Å²) in [6.07, 6.45) is 4.66. The summed E-state index contributed by atoms with van der Waals surface area (Å²) in [5, 5.41) is 3.50. The van der Waals surface area contributed by atoms with Crippen LogP contribution in [-0.4, -0.2) is 19.3 Å². The van der Waals surface area contributed by atoms with Crippen LogP contribution in [0.2, 0.25) is 0 Å².